The number of carbonyl (C=O) groups is 3. The number of hydrogen-bond acceptors (Lipinski definition) is 20. The fourth-order valence-electron chi connectivity index (χ4n) is 8.60. The zero-order valence-corrected chi connectivity index (χ0v) is 49.0. The number of rotatable bonds is 44. The zero-order valence-electron chi connectivity index (χ0n) is 49.0. The van der Waals surface area contributed by atoms with Gasteiger partial charge in [-0.2, -0.15) is 0 Å². The van der Waals surface area contributed by atoms with Crippen molar-refractivity contribution in [2.45, 2.75) is 97.7 Å². The zero-order chi connectivity index (χ0) is 59.6. The third-order valence-corrected chi connectivity index (χ3v) is 13.2. The van der Waals surface area contributed by atoms with Gasteiger partial charge in [0.25, 0.3) is 0 Å². The predicted octanol–water partition coefficient (Wildman–Crippen LogP) is 1.89. The number of hydrogen-bond donors (Lipinski definition) is 15. The van der Waals surface area contributed by atoms with Gasteiger partial charge >= 0.3 is 6.09 Å². The Morgan fingerprint density at radius 2 is 0.914 bits per heavy atom. The van der Waals surface area contributed by atoms with Crippen molar-refractivity contribution in [2.24, 2.45) is 11.5 Å². The summed E-state index contributed by atoms with van der Waals surface area (Å²) < 4.78 is 5.19. The van der Waals surface area contributed by atoms with E-state index in [-0.39, 0.29) is 58.8 Å². The molecule has 3 amide bonds. The van der Waals surface area contributed by atoms with E-state index in [0.717, 1.165) is 128 Å². The number of benzene rings is 3. The lowest BCUT2D eigenvalue weighted by atomic mass is 10.1. The van der Waals surface area contributed by atoms with Gasteiger partial charge in [0, 0.05) is 144 Å². The normalized spacial score (nSPS) is 12.1. The molecule has 81 heavy (non-hydrogen) atoms. The fraction of sp³-hybridized carbons (Fsp3) is 0.638. The molecule has 460 valence electrons. The summed E-state index contributed by atoms with van der Waals surface area (Å²) >= 11 is 0. The van der Waals surface area contributed by atoms with Crippen LogP contribution in [0.15, 0.2) is 54.6 Å². The SMILES string of the molecule is CCC(CC(C)O)OC(=O)NCCc1ccc(O)c(O)c1.CCCNCCN(CCN(CCNCCN)CCNCCN(CCC)CCNC(=O)CCc1ccc(O)c(O)c1)CN(CCN)CCNC(=O)CCc1ccc(O)c(O)c1. The monoisotopic (exact) mass is 1140 g/mol. The minimum atomic E-state index is -0.523. The molecule has 0 heterocycles. The highest BCUT2D eigenvalue weighted by atomic mass is 16.6. The van der Waals surface area contributed by atoms with Crippen LogP contribution in [0.3, 0.4) is 0 Å². The van der Waals surface area contributed by atoms with Crippen LogP contribution < -0.4 is 43.4 Å². The number of aryl methyl sites for hydroxylation is 2. The maximum atomic E-state index is 12.6. The van der Waals surface area contributed by atoms with Gasteiger partial charge in [-0.25, -0.2) is 4.79 Å². The van der Waals surface area contributed by atoms with Crippen molar-refractivity contribution >= 4 is 17.9 Å². The lowest BCUT2D eigenvalue weighted by Gasteiger charge is -2.32. The number of nitrogens with one attached hydrogen (secondary N) is 6. The van der Waals surface area contributed by atoms with E-state index in [4.69, 9.17) is 16.2 Å². The largest absolute Gasteiger partial charge is 0.504 e. The maximum Gasteiger partial charge on any atom is 0.407 e. The molecule has 0 aromatic heterocycles. The molecule has 3 aromatic carbocycles. The van der Waals surface area contributed by atoms with Crippen molar-refractivity contribution in [3.05, 3.63) is 71.3 Å². The first-order valence-corrected chi connectivity index (χ1v) is 29.1. The van der Waals surface area contributed by atoms with E-state index in [1.807, 2.05) is 6.92 Å². The van der Waals surface area contributed by atoms with E-state index in [1.165, 1.54) is 36.4 Å². The summed E-state index contributed by atoms with van der Waals surface area (Å²) in [5.41, 5.74) is 14.2. The smallest absolute Gasteiger partial charge is 0.407 e. The second-order valence-corrected chi connectivity index (χ2v) is 20.3. The molecule has 0 saturated heterocycles. The topological polar surface area (TPSA) is 339 Å². The summed E-state index contributed by atoms with van der Waals surface area (Å²) in [6.07, 6.45) is 3.89. The Bertz CT molecular complexity index is 2160. The van der Waals surface area contributed by atoms with Crippen molar-refractivity contribution in [2.75, 3.05) is 144 Å². The first-order chi connectivity index (χ1) is 39.0. The van der Waals surface area contributed by atoms with E-state index in [9.17, 15) is 50.1 Å². The molecule has 3 aromatic rings. The third-order valence-electron chi connectivity index (χ3n) is 13.2. The predicted molar refractivity (Wildman–Crippen MR) is 319 cm³/mol. The van der Waals surface area contributed by atoms with Gasteiger partial charge in [0.1, 0.15) is 6.10 Å². The molecule has 0 aliphatic carbocycles. The summed E-state index contributed by atoms with van der Waals surface area (Å²) in [5.74, 6) is -1.15. The number of aliphatic hydroxyl groups excluding tert-OH is 1. The Labute approximate surface area is 481 Å². The van der Waals surface area contributed by atoms with E-state index >= 15 is 0 Å². The number of aromatic hydroxyl groups is 6. The van der Waals surface area contributed by atoms with Gasteiger partial charge in [-0.1, -0.05) is 39.0 Å². The highest BCUT2D eigenvalue weighted by Gasteiger charge is 2.17. The van der Waals surface area contributed by atoms with Crippen molar-refractivity contribution in [3.8, 4) is 34.5 Å². The first-order valence-electron chi connectivity index (χ1n) is 29.1. The molecular weight excluding hydrogens is 1040 g/mol. The highest BCUT2D eigenvalue weighted by Crippen LogP contribution is 2.27. The number of amides is 3. The van der Waals surface area contributed by atoms with E-state index in [1.54, 1.807) is 25.1 Å². The van der Waals surface area contributed by atoms with Crippen LogP contribution in [0.1, 0.15) is 82.9 Å². The fourth-order valence-corrected chi connectivity index (χ4v) is 8.60. The quantitative estimate of drug-likeness (QED) is 0.0218. The van der Waals surface area contributed by atoms with Crippen molar-refractivity contribution in [1.82, 2.24) is 51.5 Å². The van der Waals surface area contributed by atoms with Crippen LogP contribution in [-0.2, 0) is 33.6 Å². The molecule has 0 bridgehead atoms. The van der Waals surface area contributed by atoms with Crippen LogP contribution >= 0.6 is 0 Å². The van der Waals surface area contributed by atoms with E-state index in [2.05, 4.69) is 65.3 Å². The first kappa shape index (κ1) is 71.4. The average Bonchev–Trinajstić information content (AvgIpc) is 3.43. The molecule has 17 N–H and O–H groups in total. The Morgan fingerprint density at radius 3 is 1.37 bits per heavy atom. The lowest BCUT2D eigenvalue weighted by molar-refractivity contribution is -0.121. The number of aliphatic hydroxyl groups is 1. The van der Waals surface area contributed by atoms with Crippen LogP contribution in [0.2, 0.25) is 0 Å². The van der Waals surface area contributed by atoms with Gasteiger partial charge in [0.15, 0.2) is 34.5 Å². The molecule has 2 atom stereocenters. The maximum absolute atomic E-state index is 12.6. The van der Waals surface area contributed by atoms with Crippen molar-refractivity contribution in [3.63, 3.8) is 0 Å². The number of phenolic OH excluding ortho intramolecular Hbond substituents is 6. The molecule has 0 aliphatic heterocycles. The van der Waals surface area contributed by atoms with Gasteiger partial charge in [-0.3, -0.25) is 24.3 Å². The van der Waals surface area contributed by atoms with Crippen LogP contribution in [-0.4, -0.2) is 230 Å². The minimum absolute atomic E-state index is 0.0347. The molecule has 0 radical (unpaired) electrons. The van der Waals surface area contributed by atoms with Crippen molar-refractivity contribution in [1.29, 1.82) is 0 Å². The van der Waals surface area contributed by atoms with E-state index in [0.29, 0.717) is 84.3 Å². The second-order valence-electron chi connectivity index (χ2n) is 20.3. The van der Waals surface area contributed by atoms with Gasteiger partial charge in [-0.05, 0) is 112 Å². The summed E-state index contributed by atoms with van der Waals surface area (Å²) in [6, 6.07) is 13.8. The van der Waals surface area contributed by atoms with Gasteiger partial charge in [0.2, 0.25) is 11.8 Å². The third kappa shape index (κ3) is 34.3. The number of alkyl carbamates (subject to hydrolysis) is 1. The molecule has 3 rings (SSSR count). The average molecular weight is 1140 g/mol. The van der Waals surface area contributed by atoms with E-state index < -0.39 is 12.2 Å². The molecular formula is C58H102N12O11. The Morgan fingerprint density at radius 1 is 0.481 bits per heavy atom. The summed E-state index contributed by atoms with van der Waals surface area (Å²) in [7, 11) is 0. The number of carbonyl (C=O) groups excluding carboxylic acids is 3. The molecule has 0 fully saturated rings. The molecule has 0 spiro atoms. The Hall–Kier alpha value is -5.73. The standard InChI is InChI=1S/C43H79N11O6.C15H23NO5/c1-3-15-46-20-28-54(35-53(24-14-45)30-22-50-43(60)12-8-37-6-10-39(56)41(58)34-37)32-31-52(26-17-47-16-13-44)27-19-48-18-25-51(23-4-2)29-21-49-42(59)11-7-36-5-9-38(55)40(57)33-36;1-3-12(8-10(2)17)21-15(20)16-7-6-11-4-5-13(18)14(19)9-11/h5-6,9-10,33-34,46-48,55-58H,3-4,7-8,11-32,35,44-45H2,1-2H3,(H,49,59)(H,50,60);4-5,9-10,12,17-19H,3,6-8H2,1-2H3,(H,16,20). The van der Waals surface area contributed by atoms with Gasteiger partial charge in [-0.15, -0.1) is 0 Å². The number of phenols is 6. The van der Waals surface area contributed by atoms with Crippen LogP contribution in [0.25, 0.3) is 0 Å². The van der Waals surface area contributed by atoms with Gasteiger partial charge < -0.3 is 88.8 Å². The lowest BCUT2D eigenvalue weighted by Crippen LogP contribution is -2.48. The second kappa shape index (κ2) is 43.9. The van der Waals surface area contributed by atoms with Crippen molar-refractivity contribution < 1.29 is 54.9 Å². The molecule has 23 nitrogen and oxygen atoms in total. The molecule has 23 heteroatoms. The number of ether oxygens (including phenoxy) is 1. The van der Waals surface area contributed by atoms with Crippen LogP contribution in [0, 0.1) is 0 Å². The summed E-state index contributed by atoms with van der Waals surface area (Å²) in [4.78, 5) is 46.3. The number of nitrogens with zero attached hydrogens (tertiary/aromatic N) is 4. The number of nitrogens with two attached hydrogens (primary N) is 2. The summed E-state index contributed by atoms with van der Waals surface area (Å²) in [5, 5.41) is 85.7. The molecule has 0 saturated carbocycles. The minimum Gasteiger partial charge on any atom is -0.504 e. The van der Waals surface area contributed by atoms with Gasteiger partial charge in [0.05, 0.1) is 12.8 Å². The molecule has 0 aliphatic rings. The highest BCUT2D eigenvalue weighted by molar-refractivity contribution is 5.76. The van der Waals surface area contributed by atoms with Crippen LogP contribution in [0.5, 0.6) is 34.5 Å². The Kier molecular flexibility index (Phi) is 38.7. The summed E-state index contributed by atoms with van der Waals surface area (Å²) in [6.45, 7) is 24.8. The molecule has 2 unspecified atom stereocenters. The van der Waals surface area contributed by atoms with Crippen LogP contribution in [0.4, 0.5) is 4.79 Å². The Balaban J connectivity index is 0.000000890.